The number of hydrogen-bond donors (Lipinski definition) is 1. The molecule has 1 aromatic carbocycles. The van der Waals surface area contributed by atoms with E-state index in [1.165, 1.54) is 29.7 Å². The van der Waals surface area contributed by atoms with E-state index in [1.807, 2.05) is 0 Å². The third-order valence-corrected chi connectivity index (χ3v) is 4.13. The van der Waals surface area contributed by atoms with Gasteiger partial charge in [0.25, 0.3) is 0 Å². The third kappa shape index (κ3) is 3.48. The second kappa shape index (κ2) is 5.93. The van der Waals surface area contributed by atoms with Gasteiger partial charge in [0, 0.05) is 32.4 Å². The third-order valence-electron chi connectivity index (χ3n) is 4.13. The molecular weight excluding hydrogens is 236 g/mol. The van der Waals surface area contributed by atoms with Crippen molar-refractivity contribution in [3.63, 3.8) is 0 Å². The van der Waals surface area contributed by atoms with E-state index in [9.17, 15) is 0 Å². The molecule has 0 bridgehead atoms. The molecule has 1 aliphatic heterocycles. The number of hydrogen-bond acceptors (Lipinski definition) is 3. The van der Waals surface area contributed by atoms with Crippen molar-refractivity contribution < 1.29 is 4.74 Å². The van der Waals surface area contributed by atoms with Crippen molar-refractivity contribution in [2.45, 2.75) is 45.3 Å². The van der Waals surface area contributed by atoms with Crippen LogP contribution in [0.1, 0.15) is 37.8 Å². The normalized spacial score (nSPS) is 15.5. The Balaban J connectivity index is 2.09. The maximum Gasteiger partial charge on any atom is 0.0639 e. The summed E-state index contributed by atoms with van der Waals surface area (Å²) in [6.07, 6.45) is 3.45. The second-order valence-electron chi connectivity index (χ2n) is 5.97. The van der Waals surface area contributed by atoms with Gasteiger partial charge in [-0.05, 0) is 50.3 Å². The van der Waals surface area contributed by atoms with Gasteiger partial charge in [-0.15, -0.1) is 0 Å². The first-order chi connectivity index (χ1) is 9.05. The lowest BCUT2D eigenvalue weighted by molar-refractivity contribution is 0.0172. The molecule has 1 aromatic rings. The summed E-state index contributed by atoms with van der Waals surface area (Å²) in [6.45, 7) is 7.12. The van der Waals surface area contributed by atoms with Gasteiger partial charge >= 0.3 is 0 Å². The Labute approximate surface area is 116 Å². The topological polar surface area (TPSA) is 38.5 Å². The number of nitrogens with two attached hydrogens (primary N) is 1. The van der Waals surface area contributed by atoms with Gasteiger partial charge in [0.1, 0.15) is 0 Å². The zero-order valence-corrected chi connectivity index (χ0v) is 12.4. The standard InChI is InChI=1S/C16H26N2O/c1-16(2,19-3)8-10-18-9-4-5-14-11-13(12-17)6-7-15(14)18/h6-7,11H,4-5,8-10,12,17H2,1-3H3. The summed E-state index contributed by atoms with van der Waals surface area (Å²) in [5.74, 6) is 0. The smallest absolute Gasteiger partial charge is 0.0639 e. The summed E-state index contributed by atoms with van der Waals surface area (Å²) in [4.78, 5) is 2.49. The van der Waals surface area contributed by atoms with Crippen molar-refractivity contribution in [2.24, 2.45) is 5.73 Å². The summed E-state index contributed by atoms with van der Waals surface area (Å²) in [6, 6.07) is 6.65. The number of anilines is 1. The van der Waals surface area contributed by atoms with Crippen LogP contribution in [0.3, 0.4) is 0 Å². The monoisotopic (exact) mass is 262 g/mol. The first-order valence-corrected chi connectivity index (χ1v) is 7.18. The molecule has 0 radical (unpaired) electrons. The first kappa shape index (κ1) is 14.4. The van der Waals surface area contributed by atoms with Crippen molar-refractivity contribution in [2.75, 3.05) is 25.1 Å². The maximum absolute atomic E-state index is 5.72. The van der Waals surface area contributed by atoms with Crippen molar-refractivity contribution >= 4 is 5.69 Å². The summed E-state index contributed by atoms with van der Waals surface area (Å²) in [7, 11) is 1.79. The van der Waals surface area contributed by atoms with E-state index in [1.54, 1.807) is 7.11 Å². The Bertz CT molecular complexity index is 429. The Morgan fingerprint density at radius 1 is 1.37 bits per heavy atom. The molecule has 1 aliphatic rings. The number of benzene rings is 1. The summed E-state index contributed by atoms with van der Waals surface area (Å²) < 4.78 is 5.51. The van der Waals surface area contributed by atoms with Crippen LogP contribution in [0.15, 0.2) is 18.2 Å². The van der Waals surface area contributed by atoms with Crippen LogP contribution in [0.2, 0.25) is 0 Å². The number of aryl methyl sites for hydroxylation is 1. The molecule has 0 fully saturated rings. The summed E-state index contributed by atoms with van der Waals surface area (Å²) in [5.41, 5.74) is 9.74. The van der Waals surface area contributed by atoms with E-state index in [2.05, 4.69) is 36.9 Å². The second-order valence-corrected chi connectivity index (χ2v) is 5.97. The van der Waals surface area contributed by atoms with E-state index in [4.69, 9.17) is 10.5 Å². The van der Waals surface area contributed by atoms with Crippen LogP contribution in [-0.2, 0) is 17.7 Å². The van der Waals surface area contributed by atoms with Gasteiger partial charge in [0.2, 0.25) is 0 Å². The minimum atomic E-state index is -0.0468. The quantitative estimate of drug-likeness (QED) is 0.886. The highest BCUT2D eigenvalue weighted by molar-refractivity contribution is 5.56. The van der Waals surface area contributed by atoms with Crippen molar-refractivity contribution in [1.82, 2.24) is 0 Å². The molecule has 0 aromatic heterocycles. The average molecular weight is 262 g/mol. The fourth-order valence-corrected chi connectivity index (χ4v) is 2.59. The number of ether oxygens (including phenoxy) is 1. The maximum atomic E-state index is 5.72. The molecule has 0 atom stereocenters. The van der Waals surface area contributed by atoms with E-state index in [-0.39, 0.29) is 5.60 Å². The van der Waals surface area contributed by atoms with Crippen LogP contribution in [0, 0.1) is 0 Å². The fourth-order valence-electron chi connectivity index (χ4n) is 2.59. The summed E-state index contributed by atoms with van der Waals surface area (Å²) in [5, 5.41) is 0. The van der Waals surface area contributed by atoms with Gasteiger partial charge in [-0.2, -0.15) is 0 Å². The highest BCUT2D eigenvalue weighted by Crippen LogP contribution is 2.29. The molecular formula is C16H26N2O. The fraction of sp³-hybridized carbons (Fsp3) is 0.625. The lowest BCUT2D eigenvalue weighted by Crippen LogP contribution is -2.35. The van der Waals surface area contributed by atoms with Gasteiger partial charge < -0.3 is 15.4 Å². The zero-order chi connectivity index (χ0) is 13.9. The van der Waals surface area contributed by atoms with Gasteiger partial charge in [-0.3, -0.25) is 0 Å². The minimum absolute atomic E-state index is 0.0468. The minimum Gasteiger partial charge on any atom is -0.379 e. The summed E-state index contributed by atoms with van der Waals surface area (Å²) >= 11 is 0. The van der Waals surface area contributed by atoms with Crippen molar-refractivity contribution in [3.8, 4) is 0 Å². The molecule has 19 heavy (non-hydrogen) atoms. The highest BCUT2D eigenvalue weighted by atomic mass is 16.5. The van der Waals surface area contributed by atoms with Gasteiger partial charge in [0.15, 0.2) is 0 Å². The number of fused-ring (bicyclic) bond motifs is 1. The van der Waals surface area contributed by atoms with Crippen LogP contribution in [0.5, 0.6) is 0 Å². The molecule has 3 heteroatoms. The molecule has 0 unspecified atom stereocenters. The molecule has 106 valence electrons. The van der Waals surface area contributed by atoms with Gasteiger partial charge in [-0.25, -0.2) is 0 Å². The lowest BCUT2D eigenvalue weighted by Gasteiger charge is -2.34. The molecule has 2 rings (SSSR count). The Morgan fingerprint density at radius 2 is 2.16 bits per heavy atom. The molecule has 0 saturated heterocycles. The predicted molar refractivity (Wildman–Crippen MR) is 80.6 cm³/mol. The molecule has 2 N–H and O–H groups in total. The van der Waals surface area contributed by atoms with E-state index < -0.39 is 0 Å². The SMILES string of the molecule is COC(C)(C)CCN1CCCc2cc(CN)ccc21. The van der Waals surface area contributed by atoms with Crippen molar-refractivity contribution in [3.05, 3.63) is 29.3 Å². The molecule has 0 amide bonds. The average Bonchev–Trinajstić information content (AvgIpc) is 2.44. The Kier molecular flexibility index (Phi) is 4.48. The van der Waals surface area contributed by atoms with Crippen molar-refractivity contribution in [1.29, 1.82) is 0 Å². The number of nitrogens with zero attached hydrogens (tertiary/aromatic N) is 1. The largest absolute Gasteiger partial charge is 0.379 e. The first-order valence-electron chi connectivity index (χ1n) is 7.18. The van der Waals surface area contributed by atoms with Crippen LogP contribution in [-0.4, -0.2) is 25.8 Å². The molecule has 0 saturated carbocycles. The highest BCUT2D eigenvalue weighted by Gasteiger charge is 2.21. The zero-order valence-electron chi connectivity index (χ0n) is 12.4. The molecule has 0 aliphatic carbocycles. The number of rotatable bonds is 5. The van der Waals surface area contributed by atoms with Gasteiger partial charge in [0.05, 0.1) is 5.60 Å². The van der Waals surface area contributed by atoms with E-state index in [0.717, 1.165) is 19.5 Å². The van der Waals surface area contributed by atoms with Crippen LogP contribution < -0.4 is 10.6 Å². The van der Waals surface area contributed by atoms with E-state index >= 15 is 0 Å². The molecule has 3 nitrogen and oxygen atoms in total. The lowest BCUT2D eigenvalue weighted by atomic mass is 9.97. The van der Waals surface area contributed by atoms with E-state index in [0.29, 0.717) is 6.54 Å². The van der Waals surface area contributed by atoms with Crippen LogP contribution >= 0.6 is 0 Å². The predicted octanol–water partition coefficient (Wildman–Crippen LogP) is 2.71. The molecule has 1 heterocycles. The Hall–Kier alpha value is -1.06. The molecule has 0 spiro atoms. The van der Waals surface area contributed by atoms with Crippen LogP contribution in [0.25, 0.3) is 0 Å². The van der Waals surface area contributed by atoms with Crippen LogP contribution in [0.4, 0.5) is 5.69 Å². The number of methoxy groups -OCH3 is 1. The van der Waals surface area contributed by atoms with Gasteiger partial charge in [-0.1, -0.05) is 12.1 Å². The Morgan fingerprint density at radius 3 is 2.84 bits per heavy atom.